The molecule has 2 fully saturated rings. The third kappa shape index (κ3) is 4.80. The second-order valence-electron chi connectivity index (χ2n) is 5.88. The van der Waals surface area contributed by atoms with Crippen molar-refractivity contribution in [2.24, 2.45) is 5.92 Å². The van der Waals surface area contributed by atoms with Crippen molar-refractivity contribution < 1.29 is 4.74 Å². The molecule has 22 heavy (non-hydrogen) atoms. The summed E-state index contributed by atoms with van der Waals surface area (Å²) in [5.74, 6) is 0.677. The van der Waals surface area contributed by atoms with E-state index in [4.69, 9.17) is 9.72 Å². The number of ether oxygens (including phenoxy) is 1. The lowest BCUT2D eigenvalue weighted by Crippen LogP contribution is -2.47. The lowest BCUT2D eigenvalue weighted by atomic mass is 9.87. The maximum atomic E-state index is 5.55. The molecule has 0 bridgehead atoms. The summed E-state index contributed by atoms with van der Waals surface area (Å²) in [5.41, 5.74) is 2.37. The zero-order valence-electron chi connectivity index (χ0n) is 13.2. The molecule has 0 spiro atoms. The van der Waals surface area contributed by atoms with Gasteiger partial charge in [-0.3, -0.25) is 9.88 Å². The molecule has 1 aromatic rings. The SMILES string of the molecule is Cc1cccc([C@@H](C2CCOCC2)N2CCNCC2)n1.Cl.Cl. The minimum Gasteiger partial charge on any atom is -0.381 e. The molecule has 3 heterocycles. The van der Waals surface area contributed by atoms with Crippen LogP contribution in [0.3, 0.4) is 0 Å². The first-order valence-corrected chi connectivity index (χ1v) is 7.80. The first-order chi connectivity index (χ1) is 9.84. The van der Waals surface area contributed by atoms with Crippen LogP contribution < -0.4 is 5.32 Å². The third-order valence-electron chi connectivity index (χ3n) is 4.47. The van der Waals surface area contributed by atoms with Crippen molar-refractivity contribution in [3.05, 3.63) is 29.6 Å². The summed E-state index contributed by atoms with van der Waals surface area (Å²) in [6.45, 7) is 8.31. The van der Waals surface area contributed by atoms with E-state index in [1.807, 2.05) is 0 Å². The minimum absolute atomic E-state index is 0. The van der Waals surface area contributed by atoms with Crippen LogP contribution in [-0.2, 0) is 4.74 Å². The maximum absolute atomic E-state index is 5.55. The van der Waals surface area contributed by atoms with Crippen LogP contribution in [0, 0.1) is 12.8 Å². The number of aryl methyl sites for hydroxylation is 1. The molecule has 126 valence electrons. The summed E-state index contributed by atoms with van der Waals surface area (Å²) in [7, 11) is 0. The molecule has 1 atom stereocenters. The maximum Gasteiger partial charge on any atom is 0.0581 e. The quantitative estimate of drug-likeness (QED) is 0.911. The zero-order valence-corrected chi connectivity index (χ0v) is 14.8. The molecule has 0 amide bonds. The highest BCUT2D eigenvalue weighted by Crippen LogP contribution is 2.34. The molecule has 2 aliphatic rings. The van der Waals surface area contributed by atoms with Crippen molar-refractivity contribution in [3.63, 3.8) is 0 Å². The second kappa shape index (κ2) is 9.68. The molecule has 0 aliphatic carbocycles. The van der Waals surface area contributed by atoms with E-state index in [1.54, 1.807) is 0 Å². The summed E-state index contributed by atoms with van der Waals surface area (Å²) < 4.78 is 5.55. The molecule has 4 nitrogen and oxygen atoms in total. The zero-order chi connectivity index (χ0) is 13.8. The van der Waals surface area contributed by atoms with Crippen molar-refractivity contribution in [2.45, 2.75) is 25.8 Å². The van der Waals surface area contributed by atoms with E-state index in [0.29, 0.717) is 12.0 Å². The number of nitrogens with one attached hydrogen (secondary N) is 1. The summed E-state index contributed by atoms with van der Waals surface area (Å²) in [4.78, 5) is 7.44. The Morgan fingerprint density at radius 3 is 2.50 bits per heavy atom. The molecule has 2 saturated heterocycles. The van der Waals surface area contributed by atoms with Gasteiger partial charge in [-0.2, -0.15) is 0 Å². The lowest BCUT2D eigenvalue weighted by Gasteiger charge is -2.40. The fourth-order valence-corrected chi connectivity index (χ4v) is 3.45. The van der Waals surface area contributed by atoms with Gasteiger partial charge < -0.3 is 10.1 Å². The van der Waals surface area contributed by atoms with Crippen molar-refractivity contribution in [3.8, 4) is 0 Å². The van der Waals surface area contributed by atoms with Gasteiger partial charge in [-0.1, -0.05) is 6.07 Å². The molecule has 0 aromatic carbocycles. The fraction of sp³-hybridized carbons (Fsp3) is 0.688. The van der Waals surface area contributed by atoms with Crippen molar-refractivity contribution in [1.82, 2.24) is 15.2 Å². The van der Waals surface area contributed by atoms with Crippen molar-refractivity contribution in [2.75, 3.05) is 39.4 Å². The van der Waals surface area contributed by atoms with Crippen molar-refractivity contribution in [1.29, 1.82) is 0 Å². The number of nitrogens with zero attached hydrogens (tertiary/aromatic N) is 2. The largest absolute Gasteiger partial charge is 0.381 e. The number of pyridine rings is 1. The van der Waals surface area contributed by atoms with Gasteiger partial charge in [0.2, 0.25) is 0 Å². The molecule has 3 rings (SSSR count). The van der Waals surface area contributed by atoms with Gasteiger partial charge in [0.05, 0.1) is 11.7 Å². The Morgan fingerprint density at radius 2 is 1.86 bits per heavy atom. The Hall–Kier alpha value is -0.390. The van der Waals surface area contributed by atoms with Crippen LogP contribution in [0.1, 0.15) is 30.3 Å². The number of hydrogen-bond acceptors (Lipinski definition) is 4. The van der Waals surface area contributed by atoms with Gasteiger partial charge in [-0.15, -0.1) is 24.8 Å². The van der Waals surface area contributed by atoms with Crippen LogP contribution >= 0.6 is 24.8 Å². The average Bonchev–Trinajstić information content (AvgIpc) is 2.50. The predicted molar refractivity (Wildman–Crippen MR) is 94.2 cm³/mol. The van der Waals surface area contributed by atoms with Crippen LogP contribution in [0.2, 0.25) is 0 Å². The molecule has 0 radical (unpaired) electrons. The average molecular weight is 348 g/mol. The van der Waals surface area contributed by atoms with Gasteiger partial charge >= 0.3 is 0 Å². The normalized spacial score (nSPS) is 21.5. The first kappa shape index (κ1) is 19.7. The molecular formula is C16H27Cl2N3O. The summed E-state index contributed by atoms with van der Waals surface area (Å²) in [6.07, 6.45) is 2.31. The number of piperazine rings is 1. The number of halogens is 2. The van der Waals surface area contributed by atoms with Crippen LogP contribution in [0.5, 0.6) is 0 Å². The molecular weight excluding hydrogens is 321 g/mol. The van der Waals surface area contributed by atoms with Gasteiger partial charge in [0.15, 0.2) is 0 Å². The topological polar surface area (TPSA) is 37.4 Å². The Kier molecular flexibility index (Phi) is 8.65. The van der Waals surface area contributed by atoms with E-state index in [0.717, 1.165) is 57.9 Å². The fourth-order valence-electron chi connectivity index (χ4n) is 3.45. The van der Waals surface area contributed by atoms with Gasteiger partial charge in [-0.05, 0) is 37.8 Å². The molecule has 2 aliphatic heterocycles. The monoisotopic (exact) mass is 347 g/mol. The van der Waals surface area contributed by atoms with Gasteiger partial charge in [0, 0.05) is 45.1 Å². The summed E-state index contributed by atoms with van der Waals surface area (Å²) in [6, 6.07) is 6.89. The summed E-state index contributed by atoms with van der Waals surface area (Å²) >= 11 is 0. The van der Waals surface area contributed by atoms with E-state index in [-0.39, 0.29) is 24.8 Å². The van der Waals surface area contributed by atoms with Crippen LogP contribution in [-0.4, -0.2) is 49.3 Å². The van der Waals surface area contributed by atoms with Crippen LogP contribution in [0.4, 0.5) is 0 Å². The predicted octanol–water partition coefficient (Wildman–Crippen LogP) is 2.61. The second-order valence-corrected chi connectivity index (χ2v) is 5.88. The molecule has 0 unspecified atom stereocenters. The molecule has 1 aromatic heterocycles. The van der Waals surface area contributed by atoms with Crippen LogP contribution in [0.15, 0.2) is 18.2 Å². The number of aromatic nitrogens is 1. The highest BCUT2D eigenvalue weighted by Gasteiger charge is 2.32. The molecule has 1 N–H and O–H groups in total. The Labute approximate surface area is 145 Å². The first-order valence-electron chi connectivity index (χ1n) is 7.80. The molecule has 6 heteroatoms. The highest BCUT2D eigenvalue weighted by atomic mass is 35.5. The van der Waals surface area contributed by atoms with Crippen molar-refractivity contribution >= 4 is 24.8 Å². The summed E-state index contributed by atoms with van der Waals surface area (Å²) in [5, 5.41) is 3.45. The Bertz CT molecular complexity index is 417. The smallest absolute Gasteiger partial charge is 0.0581 e. The van der Waals surface area contributed by atoms with Crippen LogP contribution in [0.25, 0.3) is 0 Å². The minimum atomic E-state index is 0. The van der Waals surface area contributed by atoms with Gasteiger partial charge in [0.1, 0.15) is 0 Å². The van der Waals surface area contributed by atoms with E-state index in [1.165, 1.54) is 5.69 Å². The lowest BCUT2D eigenvalue weighted by molar-refractivity contribution is 0.0200. The van der Waals surface area contributed by atoms with E-state index < -0.39 is 0 Å². The highest BCUT2D eigenvalue weighted by molar-refractivity contribution is 5.85. The third-order valence-corrected chi connectivity index (χ3v) is 4.47. The van der Waals surface area contributed by atoms with E-state index in [9.17, 15) is 0 Å². The standard InChI is InChI=1S/C16H25N3O.2ClH/c1-13-3-2-4-15(18-13)16(14-5-11-20-12-6-14)19-9-7-17-8-10-19;;/h2-4,14,16-17H,5-12H2,1H3;2*1H/t16-;;/m1../s1. The number of hydrogen-bond donors (Lipinski definition) is 1. The van der Waals surface area contributed by atoms with E-state index >= 15 is 0 Å². The Balaban J connectivity index is 0.00000121. The molecule has 0 saturated carbocycles. The Morgan fingerprint density at radius 1 is 1.18 bits per heavy atom. The van der Waals surface area contributed by atoms with Gasteiger partial charge in [-0.25, -0.2) is 0 Å². The number of rotatable bonds is 3. The van der Waals surface area contributed by atoms with Gasteiger partial charge in [0.25, 0.3) is 0 Å². The van der Waals surface area contributed by atoms with E-state index in [2.05, 4.69) is 35.3 Å².